The number of nitrogens with zero attached hydrogens (tertiary/aromatic N) is 1. The molecule has 1 heterocycles. The van der Waals surface area contributed by atoms with Crippen molar-refractivity contribution in [3.8, 4) is 55.6 Å². The van der Waals surface area contributed by atoms with Gasteiger partial charge in [0.15, 0.2) is 0 Å². The summed E-state index contributed by atoms with van der Waals surface area (Å²) in [6.45, 7) is 0. The van der Waals surface area contributed by atoms with Gasteiger partial charge in [-0.3, -0.25) is 0 Å². The van der Waals surface area contributed by atoms with Crippen LogP contribution in [0.2, 0.25) is 0 Å². The molecule has 0 saturated carbocycles. The molecule has 11 aromatic rings. The van der Waals surface area contributed by atoms with E-state index in [1.807, 2.05) is 11.3 Å². The van der Waals surface area contributed by atoms with Crippen LogP contribution < -0.4 is 4.90 Å². The largest absolute Gasteiger partial charge is 0.310 e. The normalized spacial score (nSPS) is 11.3. The Balaban J connectivity index is 1.01. The third kappa shape index (κ3) is 6.54. The van der Waals surface area contributed by atoms with Gasteiger partial charge in [-0.1, -0.05) is 188 Å². The molecule has 60 heavy (non-hydrogen) atoms. The maximum atomic E-state index is 2.39. The molecule has 0 bridgehead atoms. The molecule has 10 aromatic carbocycles. The summed E-state index contributed by atoms with van der Waals surface area (Å²) in [4.78, 5) is 2.39. The van der Waals surface area contributed by atoms with Gasteiger partial charge in [0.05, 0.1) is 0 Å². The monoisotopic (exact) mass is 781 g/mol. The number of rotatable bonds is 8. The summed E-state index contributed by atoms with van der Waals surface area (Å²) < 4.78 is 2.59. The first-order valence-electron chi connectivity index (χ1n) is 20.5. The van der Waals surface area contributed by atoms with E-state index in [1.54, 1.807) is 0 Å². The van der Waals surface area contributed by atoms with E-state index in [1.165, 1.54) is 86.6 Å². The topological polar surface area (TPSA) is 3.24 Å². The molecule has 0 radical (unpaired) electrons. The van der Waals surface area contributed by atoms with Crippen LogP contribution in [0.5, 0.6) is 0 Å². The smallest absolute Gasteiger partial charge is 0.0476 e. The zero-order valence-corrected chi connectivity index (χ0v) is 33.7. The van der Waals surface area contributed by atoms with Crippen LogP contribution in [0.25, 0.3) is 86.6 Å². The molecule has 0 unspecified atom stereocenters. The Morgan fingerprint density at radius 2 is 0.767 bits per heavy atom. The van der Waals surface area contributed by atoms with Crippen molar-refractivity contribution in [2.45, 2.75) is 0 Å². The van der Waals surface area contributed by atoms with Crippen molar-refractivity contribution < 1.29 is 0 Å². The molecular formula is C58H39NS. The zero-order chi connectivity index (χ0) is 39.8. The lowest BCUT2D eigenvalue weighted by atomic mass is 9.90. The number of benzene rings is 10. The van der Waals surface area contributed by atoms with E-state index < -0.39 is 0 Å². The number of hydrogen-bond donors (Lipinski definition) is 0. The van der Waals surface area contributed by atoms with E-state index in [9.17, 15) is 0 Å². The quantitative estimate of drug-likeness (QED) is 0.148. The lowest BCUT2D eigenvalue weighted by molar-refractivity contribution is 1.29. The SMILES string of the molecule is c1ccc(-c2ccc(-c3ccc(N(c4ccc(-c5ccc6ccccc6c5-c5ccccc5)cc4)c4ccc5c(c4)sc4ccccc45)cc3)cc2-c2ccccc2)cc1. The molecule has 11 rings (SSSR count). The number of fused-ring (bicyclic) bond motifs is 4. The summed E-state index contributed by atoms with van der Waals surface area (Å²) in [5, 5.41) is 5.10. The van der Waals surface area contributed by atoms with E-state index >= 15 is 0 Å². The van der Waals surface area contributed by atoms with E-state index in [2.05, 4.69) is 241 Å². The minimum atomic E-state index is 1.10. The zero-order valence-electron chi connectivity index (χ0n) is 32.9. The van der Waals surface area contributed by atoms with Crippen LogP contribution in [0.1, 0.15) is 0 Å². The first-order valence-corrected chi connectivity index (χ1v) is 21.3. The molecule has 0 aliphatic rings. The standard InChI is InChI=1S/C58H39NS/c1-4-14-41(15-5-1)50-35-29-46(38-55(50)42-16-6-2-7-17-42)40-24-30-47(31-25-40)59(49-34-37-54-53-22-12-13-23-56(53)60-57(54)39-49)48-32-26-44(27-33-48)52-36-28-43-18-10-11-21-51(43)58(52)45-19-8-3-9-20-45/h1-39H. The summed E-state index contributed by atoms with van der Waals surface area (Å²) in [7, 11) is 0. The molecule has 1 aromatic heterocycles. The predicted octanol–water partition coefficient (Wildman–Crippen LogP) is 17.0. The van der Waals surface area contributed by atoms with Crippen LogP contribution in [0, 0.1) is 0 Å². The molecular weight excluding hydrogens is 743 g/mol. The first-order chi connectivity index (χ1) is 29.7. The molecule has 1 nitrogen and oxygen atoms in total. The molecule has 2 heteroatoms. The summed E-state index contributed by atoms with van der Waals surface area (Å²) >= 11 is 1.86. The van der Waals surface area contributed by atoms with Gasteiger partial charge in [0.25, 0.3) is 0 Å². The van der Waals surface area contributed by atoms with Crippen molar-refractivity contribution >= 4 is 59.3 Å². The van der Waals surface area contributed by atoms with Gasteiger partial charge in [-0.05, 0) is 115 Å². The highest BCUT2D eigenvalue weighted by molar-refractivity contribution is 7.25. The van der Waals surface area contributed by atoms with Crippen molar-refractivity contribution in [2.24, 2.45) is 0 Å². The Morgan fingerprint density at radius 1 is 0.267 bits per heavy atom. The van der Waals surface area contributed by atoms with Gasteiger partial charge in [-0.15, -0.1) is 11.3 Å². The van der Waals surface area contributed by atoms with E-state index in [4.69, 9.17) is 0 Å². The van der Waals surface area contributed by atoms with Gasteiger partial charge in [0.1, 0.15) is 0 Å². The molecule has 0 N–H and O–H groups in total. The molecule has 0 fully saturated rings. The van der Waals surface area contributed by atoms with Crippen molar-refractivity contribution in [1.29, 1.82) is 0 Å². The van der Waals surface area contributed by atoms with Crippen LogP contribution in [-0.2, 0) is 0 Å². The van der Waals surface area contributed by atoms with Crippen molar-refractivity contribution in [3.05, 3.63) is 237 Å². The Bertz CT molecular complexity index is 3280. The number of thiophene rings is 1. The Hall–Kier alpha value is -7.52. The molecule has 0 spiro atoms. The lowest BCUT2D eigenvalue weighted by Gasteiger charge is -2.26. The van der Waals surface area contributed by atoms with Crippen molar-refractivity contribution in [2.75, 3.05) is 4.90 Å². The fraction of sp³-hybridized carbons (Fsp3) is 0. The summed E-state index contributed by atoms with van der Waals surface area (Å²) in [6, 6.07) is 86.1. The van der Waals surface area contributed by atoms with Gasteiger partial charge in [0.2, 0.25) is 0 Å². The first kappa shape index (κ1) is 35.6. The fourth-order valence-corrected chi connectivity index (χ4v) is 9.91. The summed E-state index contributed by atoms with van der Waals surface area (Å²) in [5.74, 6) is 0. The Morgan fingerprint density at radius 3 is 1.47 bits per heavy atom. The fourth-order valence-electron chi connectivity index (χ4n) is 8.77. The summed E-state index contributed by atoms with van der Waals surface area (Å²) in [6.07, 6.45) is 0. The molecule has 0 atom stereocenters. The minimum absolute atomic E-state index is 1.10. The molecule has 282 valence electrons. The average molecular weight is 782 g/mol. The highest BCUT2D eigenvalue weighted by Crippen LogP contribution is 2.44. The maximum Gasteiger partial charge on any atom is 0.0476 e. The third-order valence-corrected chi connectivity index (χ3v) is 12.8. The van der Waals surface area contributed by atoms with Gasteiger partial charge >= 0.3 is 0 Å². The second-order valence-corrected chi connectivity index (χ2v) is 16.4. The van der Waals surface area contributed by atoms with Crippen LogP contribution >= 0.6 is 11.3 Å². The summed E-state index contributed by atoms with van der Waals surface area (Å²) in [5.41, 5.74) is 15.5. The van der Waals surface area contributed by atoms with Crippen molar-refractivity contribution in [3.63, 3.8) is 0 Å². The van der Waals surface area contributed by atoms with E-state index in [0.29, 0.717) is 0 Å². The highest BCUT2D eigenvalue weighted by atomic mass is 32.1. The highest BCUT2D eigenvalue weighted by Gasteiger charge is 2.18. The van der Waals surface area contributed by atoms with Gasteiger partial charge < -0.3 is 4.90 Å². The van der Waals surface area contributed by atoms with E-state index in [-0.39, 0.29) is 0 Å². The Kier molecular flexibility index (Phi) is 9.11. The molecule has 0 aliphatic heterocycles. The molecule has 0 saturated heterocycles. The van der Waals surface area contributed by atoms with Crippen LogP contribution in [0.4, 0.5) is 17.1 Å². The lowest BCUT2D eigenvalue weighted by Crippen LogP contribution is -2.09. The van der Waals surface area contributed by atoms with Gasteiger partial charge in [-0.2, -0.15) is 0 Å². The molecule has 0 aliphatic carbocycles. The van der Waals surface area contributed by atoms with Gasteiger partial charge in [0, 0.05) is 37.2 Å². The average Bonchev–Trinajstić information content (AvgIpc) is 3.70. The predicted molar refractivity (Wildman–Crippen MR) is 259 cm³/mol. The Labute approximate surface area is 354 Å². The van der Waals surface area contributed by atoms with Crippen LogP contribution in [0.15, 0.2) is 237 Å². The molecule has 0 amide bonds. The van der Waals surface area contributed by atoms with Crippen molar-refractivity contribution in [1.82, 2.24) is 0 Å². The van der Waals surface area contributed by atoms with Gasteiger partial charge in [-0.25, -0.2) is 0 Å². The number of hydrogen-bond acceptors (Lipinski definition) is 2. The maximum absolute atomic E-state index is 2.39. The minimum Gasteiger partial charge on any atom is -0.310 e. The number of anilines is 3. The van der Waals surface area contributed by atoms with Crippen LogP contribution in [-0.4, -0.2) is 0 Å². The second-order valence-electron chi connectivity index (χ2n) is 15.3. The second kappa shape index (κ2) is 15.3. The third-order valence-electron chi connectivity index (χ3n) is 11.7. The van der Waals surface area contributed by atoms with E-state index in [0.717, 1.165) is 17.1 Å². The van der Waals surface area contributed by atoms with Crippen LogP contribution in [0.3, 0.4) is 0 Å².